The van der Waals surface area contributed by atoms with E-state index in [1.807, 2.05) is 147 Å². The molecule has 0 aromatic heterocycles. The number of ether oxygens (including phenoxy) is 4. The second-order valence-electron chi connectivity index (χ2n) is 18.8. The number of hydrogen-bond acceptors (Lipinski definition) is 10. The van der Waals surface area contributed by atoms with Crippen molar-refractivity contribution in [3.63, 3.8) is 0 Å². The van der Waals surface area contributed by atoms with E-state index in [9.17, 15) is 28.8 Å². The number of rotatable bonds is 14. The van der Waals surface area contributed by atoms with Crippen molar-refractivity contribution >= 4 is 58.7 Å². The molecule has 8 atom stereocenters. The minimum Gasteiger partial charge on any atom is -0.462 e. The first-order chi connectivity index (χ1) is 35.3. The number of allylic oxidation sites excluding steroid dienone is 2. The molecule has 8 rings (SSSR count). The molecule has 0 bridgehead atoms. The van der Waals surface area contributed by atoms with Gasteiger partial charge in [-0.15, -0.1) is 0 Å². The number of fused-ring (bicyclic) bond motifs is 2. The number of nitrogens with one attached hydrogen (secondary N) is 2. The topological polar surface area (TPSA) is 170 Å². The normalized spacial score (nSPS) is 23.4. The van der Waals surface area contributed by atoms with Gasteiger partial charge in [-0.2, -0.15) is 0 Å². The van der Waals surface area contributed by atoms with Gasteiger partial charge in [-0.3, -0.25) is 24.2 Å². The van der Waals surface area contributed by atoms with Gasteiger partial charge in [-0.25, -0.2) is 14.4 Å². The van der Waals surface area contributed by atoms with Crippen molar-refractivity contribution in [3.8, 4) is 0 Å². The van der Waals surface area contributed by atoms with Crippen molar-refractivity contribution in [2.75, 3.05) is 23.0 Å². The summed E-state index contributed by atoms with van der Waals surface area (Å²) in [7, 11) is 0. The van der Waals surface area contributed by atoms with E-state index in [1.54, 1.807) is 42.7 Å². The molecule has 1 unspecified atom stereocenters. The second-order valence-corrected chi connectivity index (χ2v) is 18.8. The minimum absolute atomic E-state index is 0.0326. The summed E-state index contributed by atoms with van der Waals surface area (Å²) in [6.07, 6.45) is 12.5. The second kappa shape index (κ2) is 25.1. The van der Waals surface area contributed by atoms with Gasteiger partial charge in [0.1, 0.15) is 12.2 Å². The standard InChI is InChI=1S/C30H34N2O5.C29H32N2O5/c1-4-36-29(35)31-21-15-16-24-20(17-21)18-30(3)26(19(2)37-28(30)34)25(24)27(33)32(22-11-7-5-8-12-22)23-13-9-6-10-14-23;1-3-35-29(34)30-24-12-10-11-23(21-24)18-20-28(33)36-22(2)17-19-27(32)31(25-13-6-4-7-14-25)26-15-8-5-9-16-26/h5-14,18-19,21,24-26H,4,15-17H2,1-3H3,(H,31,35);4-9,11,13-20,22,24H,3,10,12,21H2,1-2H3,(H,30,34)/b;19-17-,20-18+/t19-,21-,24-,25+,26+,30-;22?,24-/m11/s1. The summed E-state index contributed by atoms with van der Waals surface area (Å²) in [5.41, 5.74) is 4.12. The molecular weight excluding hydrogens is 925 g/mol. The lowest BCUT2D eigenvalue weighted by Gasteiger charge is -2.47. The van der Waals surface area contributed by atoms with Crippen molar-refractivity contribution in [1.82, 2.24) is 10.6 Å². The molecule has 3 aliphatic carbocycles. The van der Waals surface area contributed by atoms with Crippen LogP contribution in [-0.4, -0.2) is 73.4 Å². The van der Waals surface area contributed by atoms with Crippen LogP contribution in [0.4, 0.5) is 32.3 Å². The third-order valence-corrected chi connectivity index (χ3v) is 13.6. The summed E-state index contributed by atoms with van der Waals surface area (Å²) in [5.74, 6) is -1.87. The Hall–Kier alpha value is -7.74. The summed E-state index contributed by atoms with van der Waals surface area (Å²) in [6.45, 7) is 9.65. The molecule has 14 nitrogen and oxygen atoms in total. The average Bonchev–Trinajstić information content (AvgIpc) is 3.61. The molecule has 73 heavy (non-hydrogen) atoms. The van der Waals surface area contributed by atoms with Crippen molar-refractivity contribution < 1.29 is 47.7 Å². The highest BCUT2D eigenvalue weighted by molar-refractivity contribution is 6.07. The number of cyclic esters (lactones) is 1. The fourth-order valence-corrected chi connectivity index (χ4v) is 10.4. The number of benzene rings is 4. The molecule has 382 valence electrons. The van der Waals surface area contributed by atoms with Crippen LogP contribution >= 0.6 is 0 Å². The predicted octanol–water partition coefficient (Wildman–Crippen LogP) is 11.0. The summed E-state index contributed by atoms with van der Waals surface area (Å²) in [6, 6.07) is 37.9. The van der Waals surface area contributed by atoms with Gasteiger partial charge in [-0.05, 0) is 139 Å². The molecule has 2 fully saturated rings. The van der Waals surface area contributed by atoms with E-state index in [0.717, 1.165) is 59.6 Å². The smallest absolute Gasteiger partial charge is 0.407 e. The van der Waals surface area contributed by atoms with Crippen LogP contribution in [0.1, 0.15) is 73.1 Å². The molecule has 1 saturated carbocycles. The van der Waals surface area contributed by atoms with Gasteiger partial charge < -0.3 is 29.6 Å². The van der Waals surface area contributed by atoms with Crippen LogP contribution in [0.2, 0.25) is 0 Å². The van der Waals surface area contributed by atoms with E-state index in [-0.39, 0.29) is 47.8 Å². The fraction of sp³-hybridized carbons (Fsp3) is 0.356. The number of alkyl carbamates (subject to hydrolysis) is 2. The van der Waals surface area contributed by atoms with Crippen LogP contribution in [0.25, 0.3) is 0 Å². The Bertz CT molecular complexity index is 2590. The third kappa shape index (κ3) is 13.4. The summed E-state index contributed by atoms with van der Waals surface area (Å²) < 4.78 is 21.2. The van der Waals surface area contributed by atoms with Crippen LogP contribution in [0, 0.1) is 23.2 Å². The lowest BCUT2D eigenvalue weighted by molar-refractivity contribution is -0.146. The van der Waals surface area contributed by atoms with Crippen molar-refractivity contribution in [3.05, 3.63) is 169 Å². The first-order valence-electron chi connectivity index (χ1n) is 25.2. The predicted molar refractivity (Wildman–Crippen MR) is 280 cm³/mol. The zero-order chi connectivity index (χ0) is 51.9. The van der Waals surface area contributed by atoms with E-state index in [1.165, 1.54) is 12.2 Å². The van der Waals surface area contributed by atoms with Crippen LogP contribution < -0.4 is 20.4 Å². The molecule has 1 aliphatic heterocycles. The molecule has 0 radical (unpaired) electrons. The van der Waals surface area contributed by atoms with E-state index >= 15 is 0 Å². The summed E-state index contributed by atoms with van der Waals surface area (Å²) in [4.78, 5) is 80.3. The van der Waals surface area contributed by atoms with Crippen molar-refractivity contribution in [1.29, 1.82) is 0 Å². The minimum atomic E-state index is -0.906. The van der Waals surface area contributed by atoms with Gasteiger partial charge in [0.25, 0.3) is 5.91 Å². The molecule has 1 saturated heterocycles. The number of para-hydroxylation sites is 4. The SMILES string of the molecule is CCOC(=O)N[C@@H]1CCC=C(/C=C/C(=O)OC(C)/C=C\C(=O)N(c2ccccc2)c2ccccc2)C1.CCOC(=O)N[C@@H]1CC[C@@H]2C(=C[C@@]3(C)C(=O)O[C@H](C)[C@H]3[C@H]2C(=O)N(c2ccccc2)c2ccccc2)C1. The first kappa shape index (κ1) is 53.1. The number of anilines is 4. The van der Waals surface area contributed by atoms with Crippen LogP contribution in [0.5, 0.6) is 0 Å². The van der Waals surface area contributed by atoms with Crippen molar-refractivity contribution in [2.24, 2.45) is 23.2 Å². The Morgan fingerprint density at radius 2 is 1.22 bits per heavy atom. The molecular formula is C59H66N4O10. The number of amides is 4. The number of nitrogens with zero attached hydrogens (tertiary/aromatic N) is 2. The Labute approximate surface area is 428 Å². The number of hydrogen-bond donors (Lipinski definition) is 2. The van der Waals surface area contributed by atoms with Gasteiger partial charge in [0.2, 0.25) is 5.91 Å². The maximum atomic E-state index is 14.7. The van der Waals surface area contributed by atoms with Gasteiger partial charge >= 0.3 is 24.1 Å². The highest BCUT2D eigenvalue weighted by Gasteiger charge is 2.61. The van der Waals surface area contributed by atoms with Crippen LogP contribution in [-0.2, 0) is 38.1 Å². The van der Waals surface area contributed by atoms with Gasteiger partial charge in [0.15, 0.2) is 0 Å². The average molecular weight is 991 g/mol. The zero-order valence-corrected chi connectivity index (χ0v) is 42.2. The molecule has 4 aromatic carbocycles. The van der Waals surface area contributed by atoms with E-state index in [4.69, 9.17) is 18.9 Å². The largest absolute Gasteiger partial charge is 0.462 e. The van der Waals surface area contributed by atoms with Crippen LogP contribution in [0.3, 0.4) is 0 Å². The van der Waals surface area contributed by atoms with Crippen LogP contribution in [0.15, 0.2) is 169 Å². The number of carbonyl (C=O) groups is 6. The molecule has 0 spiro atoms. The number of carbonyl (C=O) groups excluding carboxylic acids is 6. The highest BCUT2D eigenvalue weighted by Crippen LogP contribution is 2.56. The van der Waals surface area contributed by atoms with E-state index < -0.39 is 35.6 Å². The molecule has 4 aliphatic rings. The molecule has 2 N–H and O–H groups in total. The van der Waals surface area contributed by atoms with Crippen molar-refractivity contribution in [2.45, 2.75) is 97.4 Å². The Morgan fingerprint density at radius 3 is 1.74 bits per heavy atom. The first-order valence-corrected chi connectivity index (χ1v) is 25.2. The van der Waals surface area contributed by atoms with Gasteiger partial charge in [-0.1, -0.05) is 96.6 Å². The summed E-state index contributed by atoms with van der Waals surface area (Å²) in [5, 5.41) is 5.78. The Balaban J connectivity index is 0.000000214. The highest BCUT2D eigenvalue weighted by atomic mass is 16.6. The molecule has 1 heterocycles. The Kier molecular flexibility index (Phi) is 18.2. The third-order valence-electron chi connectivity index (χ3n) is 13.6. The number of esters is 2. The van der Waals surface area contributed by atoms with E-state index in [0.29, 0.717) is 26.1 Å². The van der Waals surface area contributed by atoms with Gasteiger partial charge in [0, 0.05) is 52.9 Å². The Morgan fingerprint density at radius 1 is 0.712 bits per heavy atom. The van der Waals surface area contributed by atoms with E-state index in [2.05, 4.69) is 10.6 Å². The van der Waals surface area contributed by atoms with Gasteiger partial charge in [0.05, 0.1) is 24.5 Å². The lowest BCUT2D eigenvalue weighted by Crippen LogP contribution is -2.52. The maximum absolute atomic E-state index is 14.7. The molecule has 4 aromatic rings. The summed E-state index contributed by atoms with van der Waals surface area (Å²) >= 11 is 0. The monoisotopic (exact) mass is 990 g/mol. The quantitative estimate of drug-likeness (QED) is 0.0536. The maximum Gasteiger partial charge on any atom is 0.407 e. The molecule has 14 heteroatoms. The lowest BCUT2D eigenvalue weighted by atomic mass is 9.56. The zero-order valence-electron chi connectivity index (χ0n) is 42.2. The molecule has 4 amide bonds. The fourth-order valence-electron chi connectivity index (χ4n) is 10.4.